The monoisotopic (exact) mass is 488 g/mol. The minimum absolute atomic E-state index is 0.0313. The van der Waals surface area contributed by atoms with Crippen molar-refractivity contribution in [3.05, 3.63) is 54.1 Å². The number of unbranched alkanes of at least 4 members (excludes halogenated alkanes) is 1. The van der Waals surface area contributed by atoms with E-state index in [2.05, 4.69) is 34.0 Å². The van der Waals surface area contributed by atoms with Crippen molar-refractivity contribution in [2.24, 2.45) is 0 Å². The Bertz CT molecular complexity index is 1020. The molecule has 1 heterocycles. The summed E-state index contributed by atoms with van der Waals surface area (Å²) in [5.74, 6) is 1.36. The Morgan fingerprint density at radius 2 is 1.65 bits per heavy atom. The summed E-state index contributed by atoms with van der Waals surface area (Å²) in [6.45, 7) is 5.70. The van der Waals surface area contributed by atoms with Crippen LogP contribution in [0.25, 0.3) is 0 Å². The zero-order chi connectivity index (χ0) is 24.6. The number of likely N-dealkylation sites (tertiary alicyclic amines) is 1. The maximum atomic E-state index is 12.3. The fraction of sp³-hybridized carbons (Fsp3) is 0.480. The molecule has 0 saturated carbocycles. The third-order valence-corrected chi connectivity index (χ3v) is 6.44. The molecule has 0 bridgehead atoms. The molecule has 186 valence electrons. The van der Waals surface area contributed by atoms with Crippen LogP contribution in [0.5, 0.6) is 11.5 Å². The van der Waals surface area contributed by atoms with E-state index in [1.165, 1.54) is 5.56 Å². The summed E-state index contributed by atoms with van der Waals surface area (Å²) in [5.41, 5.74) is 1.71. The van der Waals surface area contributed by atoms with Gasteiger partial charge in [0.15, 0.2) is 0 Å². The minimum atomic E-state index is -3.30. The molecule has 2 N–H and O–H groups in total. The Kier molecular flexibility index (Phi) is 9.18. The predicted octanol–water partition coefficient (Wildman–Crippen LogP) is 4.26. The van der Waals surface area contributed by atoms with Gasteiger partial charge in [0, 0.05) is 45.0 Å². The largest absolute Gasteiger partial charge is 0.457 e. The van der Waals surface area contributed by atoms with Crippen molar-refractivity contribution in [3.63, 3.8) is 0 Å². The Balaban J connectivity index is 1.42. The van der Waals surface area contributed by atoms with Gasteiger partial charge in [0.1, 0.15) is 11.5 Å². The molecule has 8 nitrogen and oxygen atoms in total. The molecule has 0 spiro atoms. The van der Waals surface area contributed by atoms with Crippen molar-refractivity contribution in [2.75, 3.05) is 37.7 Å². The number of benzene rings is 2. The first kappa shape index (κ1) is 25.8. The van der Waals surface area contributed by atoms with Crippen LogP contribution in [0.3, 0.4) is 0 Å². The van der Waals surface area contributed by atoms with Crippen LogP contribution in [-0.2, 0) is 16.6 Å². The van der Waals surface area contributed by atoms with E-state index in [9.17, 15) is 13.2 Å². The van der Waals surface area contributed by atoms with Crippen LogP contribution in [0.4, 0.5) is 10.5 Å². The molecule has 1 aliphatic rings. The van der Waals surface area contributed by atoms with Crippen molar-refractivity contribution in [1.29, 1.82) is 0 Å². The molecular weight excluding hydrogens is 452 g/mol. The van der Waals surface area contributed by atoms with E-state index in [0.717, 1.165) is 63.9 Å². The maximum absolute atomic E-state index is 12.3. The zero-order valence-electron chi connectivity index (χ0n) is 20.3. The lowest BCUT2D eigenvalue weighted by Gasteiger charge is -2.33. The van der Waals surface area contributed by atoms with Crippen molar-refractivity contribution in [3.8, 4) is 11.5 Å². The van der Waals surface area contributed by atoms with Gasteiger partial charge in [-0.2, -0.15) is 0 Å². The summed E-state index contributed by atoms with van der Waals surface area (Å²) in [6.07, 6.45) is 5.15. The van der Waals surface area contributed by atoms with E-state index in [-0.39, 0.29) is 12.1 Å². The maximum Gasteiger partial charge on any atom is 0.317 e. The number of nitrogens with zero attached hydrogens (tertiary/aromatic N) is 2. The van der Waals surface area contributed by atoms with Crippen molar-refractivity contribution < 1.29 is 17.9 Å². The molecule has 2 amide bonds. The average Bonchev–Trinajstić information content (AvgIpc) is 2.80. The summed E-state index contributed by atoms with van der Waals surface area (Å²) < 4.78 is 30.9. The molecule has 0 atom stereocenters. The highest BCUT2D eigenvalue weighted by Gasteiger charge is 2.21. The summed E-state index contributed by atoms with van der Waals surface area (Å²) in [5, 5.41) is 3.17. The lowest BCUT2D eigenvalue weighted by Crippen LogP contribution is -2.48. The van der Waals surface area contributed by atoms with Gasteiger partial charge in [0.25, 0.3) is 0 Å². The Labute approximate surface area is 203 Å². The molecule has 3 rings (SSSR count). The topological polar surface area (TPSA) is 91.0 Å². The molecule has 1 aliphatic heterocycles. The summed E-state index contributed by atoms with van der Waals surface area (Å²) >= 11 is 0. The Hall–Kier alpha value is -2.78. The van der Waals surface area contributed by atoms with E-state index < -0.39 is 10.0 Å². The normalized spacial score (nSPS) is 15.0. The van der Waals surface area contributed by atoms with Gasteiger partial charge in [-0.25, -0.2) is 13.2 Å². The Morgan fingerprint density at radius 1 is 1.06 bits per heavy atom. The van der Waals surface area contributed by atoms with Crippen molar-refractivity contribution >= 4 is 21.7 Å². The van der Waals surface area contributed by atoms with Crippen LogP contribution in [0.1, 0.15) is 38.2 Å². The molecule has 0 aromatic heterocycles. The number of carbonyl (C=O) groups excluding carboxylic acids is 1. The third kappa shape index (κ3) is 8.53. The second kappa shape index (κ2) is 12.1. The number of hydrogen-bond acceptors (Lipinski definition) is 5. The molecule has 34 heavy (non-hydrogen) atoms. The van der Waals surface area contributed by atoms with Crippen molar-refractivity contribution in [2.45, 2.75) is 45.2 Å². The first-order valence-electron chi connectivity index (χ1n) is 11.8. The van der Waals surface area contributed by atoms with Gasteiger partial charge in [-0.05, 0) is 61.2 Å². The van der Waals surface area contributed by atoms with Crippen LogP contribution in [0.2, 0.25) is 0 Å². The van der Waals surface area contributed by atoms with Crippen molar-refractivity contribution in [1.82, 2.24) is 15.1 Å². The number of nitrogens with one attached hydrogen (secondary N) is 2. The molecule has 1 saturated heterocycles. The highest BCUT2D eigenvalue weighted by molar-refractivity contribution is 7.92. The number of amides is 2. The molecule has 2 aromatic carbocycles. The van der Waals surface area contributed by atoms with Gasteiger partial charge in [-0.1, -0.05) is 25.5 Å². The van der Waals surface area contributed by atoms with Crippen LogP contribution in [0, 0.1) is 0 Å². The lowest BCUT2D eigenvalue weighted by molar-refractivity contribution is 0.174. The second-order valence-electron chi connectivity index (χ2n) is 8.92. The van der Waals surface area contributed by atoms with Crippen LogP contribution < -0.4 is 14.8 Å². The molecular formula is C25H36N4O4S. The number of anilines is 1. The van der Waals surface area contributed by atoms with E-state index in [1.54, 1.807) is 29.2 Å². The first-order chi connectivity index (χ1) is 16.2. The predicted molar refractivity (Wildman–Crippen MR) is 136 cm³/mol. The molecule has 1 fully saturated rings. The van der Waals surface area contributed by atoms with Crippen LogP contribution in [-0.4, -0.2) is 63.2 Å². The standard InChI is InChI=1S/C25H36N4O4S/c1-4-5-16-28(2)25(30)26-21-14-17-29(18-15-21)19-20-6-10-23(11-7-20)33-24-12-8-22(9-13-24)27-34(3,31)32/h6-13,21,27H,4-5,14-19H2,1-3H3,(H,26,30). The van der Waals surface area contributed by atoms with E-state index in [4.69, 9.17) is 4.74 Å². The van der Waals surface area contributed by atoms with E-state index in [0.29, 0.717) is 11.4 Å². The fourth-order valence-corrected chi connectivity index (χ4v) is 4.44. The zero-order valence-corrected chi connectivity index (χ0v) is 21.1. The van der Waals surface area contributed by atoms with Gasteiger partial charge in [-0.15, -0.1) is 0 Å². The molecule has 0 radical (unpaired) electrons. The summed E-state index contributed by atoms with van der Waals surface area (Å²) in [6, 6.07) is 15.1. The number of carbonyl (C=O) groups is 1. The molecule has 9 heteroatoms. The number of rotatable bonds is 10. The van der Waals surface area contributed by atoms with E-state index in [1.807, 2.05) is 19.2 Å². The highest BCUT2D eigenvalue weighted by atomic mass is 32.2. The fourth-order valence-electron chi connectivity index (χ4n) is 3.88. The van der Waals surface area contributed by atoms with Gasteiger partial charge in [0.2, 0.25) is 10.0 Å². The average molecular weight is 489 g/mol. The van der Waals surface area contributed by atoms with Gasteiger partial charge in [-0.3, -0.25) is 9.62 Å². The lowest BCUT2D eigenvalue weighted by atomic mass is 10.0. The Morgan fingerprint density at radius 3 is 2.21 bits per heavy atom. The smallest absolute Gasteiger partial charge is 0.317 e. The molecule has 0 aliphatic carbocycles. The second-order valence-corrected chi connectivity index (χ2v) is 10.7. The molecule has 2 aromatic rings. The number of sulfonamides is 1. The summed E-state index contributed by atoms with van der Waals surface area (Å²) in [4.78, 5) is 16.5. The van der Waals surface area contributed by atoms with Gasteiger partial charge < -0.3 is 15.0 Å². The number of urea groups is 1. The van der Waals surface area contributed by atoms with Gasteiger partial charge >= 0.3 is 6.03 Å². The highest BCUT2D eigenvalue weighted by Crippen LogP contribution is 2.24. The minimum Gasteiger partial charge on any atom is -0.457 e. The van der Waals surface area contributed by atoms with E-state index >= 15 is 0 Å². The van der Waals surface area contributed by atoms with Crippen LogP contribution in [0.15, 0.2) is 48.5 Å². The van der Waals surface area contributed by atoms with Gasteiger partial charge in [0.05, 0.1) is 6.26 Å². The quantitative estimate of drug-likeness (QED) is 0.522. The van der Waals surface area contributed by atoms with Crippen LogP contribution >= 0.6 is 0 Å². The third-order valence-electron chi connectivity index (χ3n) is 5.83. The number of piperidine rings is 1. The summed E-state index contributed by atoms with van der Waals surface area (Å²) in [7, 11) is -1.44. The molecule has 0 unspecified atom stereocenters. The SMILES string of the molecule is CCCCN(C)C(=O)NC1CCN(Cc2ccc(Oc3ccc(NS(C)(=O)=O)cc3)cc2)CC1. The number of hydrogen-bond donors (Lipinski definition) is 2. The number of ether oxygens (including phenoxy) is 1. The first-order valence-corrected chi connectivity index (χ1v) is 13.7.